The number of carbonyl (C=O) groups excluding carboxylic acids is 1. The number of amides is 1. The van der Waals surface area contributed by atoms with Crippen LogP contribution in [0.1, 0.15) is 42.4 Å². The number of aromatic nitrogens is 2. The number of hydrogen-bond donors (Lipinski definition) is 2. The first-order chi connectivity index (χ1) is 9.58. The number of nitrogen functional groups attached to an aromatic ring is 1. The van der Waals surface area contributed by atoms with Crippen molar-refractivity contribution >= 4 is 11.6 Å². The van der Waals surface area contributed by atoms with Crippen LogP contribution in [0.4, 0.5) is 5.69 Å². The molecule has 1 amide bonds. The standard InChI is InChI=1S/C14H24N4O2/c1-3-18-13(12(15)10(2)16-18)14(20)17-7-4-5-11(9-17)6-8-19/h11,19H,3-9,15H2,1-2H3. The second-order valence-corrected chi connectivity index (χ2v) is 5.44. The van der Waals surface area contributed by atoms with E-state index in [2.05, 4.69) is 5.10 Å². The molecule has 6 nitrogen and oxygen atoms in total. The number of piperidine rings is 1. The van der Waals surface area contributed by atoms with Crippen LogP contribution in [-0.2, 0) is 6.54 Å². The Morgan fingerprint density at radius 3 is 2.95 bits per heavy atom. The van der Waals surface area contributed by atoms with Crippen LogP contribution >= 0.6 is 0 Å². The maximum absolute atomic E-state index is 12.7. The third-order valence-corrected chi connectivity index (χ3v) is 4.02. The van der Waals surface area contributed by atoms with Crippen LogP contribution in [0.2, 0.25) is 0 Å². The summed E-state index contributed by atoms with van der Waals surface area (Å²) in [7, 11) is 0. The molecule has 0 saturated carbocycles. The number of nitrogens with zero attached hydrogens (tertiary/aromatic N) is 3. The summed E-state index contributed by atoms with van der Waals surface area (Å²) < 4.78 is 1.68. The van der Waals surface area contributed by atoms with Gasteiger partial charge in [0.25, 0.3) is 5.91 Å². The average Bonchev–Trinajstić information content (AvgIpc) is 2.74. The lowest BCUT2D eigenvalue weighted by Gasteiger charge is -2.32. The first kappa shape index (κ1) is 14.8. The van der Waals surface area contributed by atoms with Gasteiger partial charge < -0.3 is 15.7 Å². The van der Waals surface area contributed by atoms with Gasteiger partial charge in [-0.2, -0.15) is 5.10 Å². The number of nitrogens with two attached hydrogens (primary N) is 1. The predicted octanol–water partition coefficient (Wildman–Crippen LogP) is 1.03. The molecule has 1 aliphatic rings. The number of aryl methyl sites for hydroxylation is 2. The summed E-state index contributed by atoms with van der Waals surface area (Å²) in [5, 5.41) is 13.4. The van der Waals surface area contributed by atoms with Crippen LogP contribution in [0.25, 0.3) is 0 Å². The Morgan fingerprint density at radius 1 is 1.55 bits per heavy atom. The van der Waals surface area contributed by atoms with Gasteiger partial charge in [-0.25, -0.2) is 0 Å². The predicted molar refractivity (Wildman–Crippen MR) is 77.4 cm³/mol. The molecule has 3 N–H and O–H groups in total. The zero-order valence-electron chi connectivity index (χ0n) is 12.3. The van der Waals surface area contributed by atoms with E-state index in [9.17, 15) is 4.79 Å². The molecular formula is C14H24N4O2. The van der Waals surface area contributed by atoms with Crippen LogP contribution in [0.3, 0.4) is 0 Å². The summed E-state index contributed by atoms with van der Waals surface area (Å²) in [6.07, 6.45) is 2.81. The minimum Gasteiger partial charge on any atom is -0.396 e. The lowest BCUT2D eigenvalue weighted by molar-refractivity contribution is 0.0642. The Balaban J connectivity index is 2.18. The first-order valence-electron chi connectivity index (χ1n) is 7.31. The molecule has 1 unspecified atom stereocenters. The van der Waals surface area contributed by atoms with E-state index in [1.165, 1.54) is 0 Å². The number of hydrogen-bond acceptors (Lipinski definition) is 4. The molecule has 1 atom stereocenters. The maximum Gasteiger partial charge on any atom is 0.274 e. The first-order valence-corrected chi connectivity index (χ1v) is 7.31. The highest BCUT2D eigenvalue weighted by Gasteiger charge is 2.28. The van der Waals surface area contributed by atoms with E-state index in [1.807, 2.05) is 18.7 Å². The quantitative estimate of drug-likeness (QED) is 0.862. The SMILES string of the molecule is CCn1nc(C)c(N)c1C(=O)N1CCCC(CCO)C1. The summed E-state index contributed by atoms with van der Waals surface area (Å²) >= 11 is 0. The average molecular weight is 280 g/mol. The Labute approximate surface area is 119 Å². The van der Waals surface area contributed by atoms with Gasteiger partial charge >= 0.3 is 0 Å². The van der Waals surface area contributed by atoms with Crippen molar-refractivity contribution < 1.29 is 9.90 Å². The molecule has 0 aliphatic carbocycles. The van der Waals surface area contributed by atoms with E-state index in [0.29, 0.717) is 36.1 Å². The van der Waals surface area contributed by atoms with Gasteiger partial charge in [-0.15, -0.1) is 0 Å². The van der Waals surface area contributed by atoms with Gasteiger partial charge in [0.05, 0.1) is 11.4 Å². The molecule has 0 spiro atoms. The number of carbonyl (C=O) groups is 1. The van der Waals surface area contributed by atoms with Crippen molar-refractivity contribution in [2.24, 2.45) is 5.92 Å². The Bertz CT molecular complexity index is 482. The lowest BCUT2D eigenvalue weighted by atomic mass is 9.95. The molecule has 1 saturated heterocycles. The minimum absolute atomic E-state index is 0.0346. The number of aliphatic hydroxyl groups is 1. The second kappa shape index (κ2) is 6.26. The number of likely N-dealkylation sites (tertiary alicyclic amines) is 1. The molecule has 2 heterocycles. The summed E-state index contributed by atoms with van der Waals surface area (Å²) in [5.74, 6) is 0.352. The number of aliphatic hydroxyl groups excluding tert-OH is 1. The van der Waals surface area contributed by atoms with Crippen molar-refractivity contribution in [3.8, 4) is 0 Å². The molecule has 1 aliphatic heterocycles. The van der Waals surface area contributed by atoms with Gasteiger partial charge in [0.15, 0.2) is 0 Å². The molecule has 0 aromatic carbocycles. The molecule has 1 aromatic rings. The highest BCUT2D eigenvalue weighted by molar-refractivity contribution is 5.98. The summed E-state index contributed by atoms with van der Waals surface area (Å²) in [5.41, 5.74) is 7.71. The van der Waals surface area contributed by atoms with E-state index < -0.39 is 0 Å². The molecule has 1 fully saturated rings. The van der Waals surface area contributed by atoms with Gasteiger partial charge in [0.1, 0.15) is 5.69 Å². The van der Waals surface area contributed by atoms with Crippen molar-refractivity contribution in [1.29, 1.82) is 0 Å². The Morgan fingerprint density at radius 2 is 2.30 bits per heavy atom. The van der Waals surface area contributed by atoms with E-state index in [1.54, 1.807) is 4.68 Å². The summed E-state index contributed by atoms with van der Waals surface area (Å²) in [4.78, 5) is 14.5. The summed E-state index contributed by atoms with van der Waals surface area (Å²) in [6, 6.07) is 0. The van der Waals surface area contributed by atoms with Crippen molar-refractivity contribution in [2.75, 3.05) is 25.4 Å². The van der Waals surface area contributed by atoms with Gasteiger partial charge in [0.2, 0.25) is 0 Å². The molecule has 0 bridgehead atoms. The molecule has 1 aromatic heterocycles. The van der Waals surface area contributed by atoms with Crippen LogP contribution in [0, 0.1) is 12.8 Å². The van der Waals surface area contributed by atoms with Crippen molar-refractivity contribution in [3.63, 3.8) is 0 Å². The second-order valence-electron chi connectivity index (χ2n) is 5.44. The van der Waals surface area contributed by atoms with Crippen LogP contribution in [0.5, 0.6) is 0 Å². The van der Waals surface area contributed by atoms with Gasteiger partial charge in [-0.3, -0.25) is 9.48 Å². The smallest absolute Gasteiger partial charge is 0.274 e. The van der Waals surface area contributed by atoms with Crippen molar-refractivity contribution in [1.82, 2.24) is 14.7 Å². The molecule has 112 valence electrons. The zero-order chi connectivity index (χ0) is 14.7. The number of anilines is 1. The molecule has 0 radical (unpaired) electrons. The normalized spacial score (nSPS) is 19.4. The molecule has 2 rings (SSSR count). The largest absolute Gasteiger partial charge is 0.396 e. The molecular weight excluding hydrogens is 256 g/mol. The topological polar surface area (TPSA) is 84.4 Å². The highest BCUT2D eigenvalue weighted by atomic mass is 16.3. The van der Waals surface area contributed by atoms with Crippen LogP contribution in [0.15, 0.2) is 0 Å². The fraction of sp³-hybridized carbons (Fsp3) is 0.714. The zero-order valence-corrected chi connectivity index (χ0v) is 12.3. The van der Waals surface area contributed by atoms with Crippen molar-refractivity contribution in [2.45, 2.75) is 39.7 Å². The van der Waals surface area contributed by atoms with Gasteiger partial charge in [-0.1, -0.05) is 0 Å². The maximum atomic E-state index is 12.7. The third-order valence-electron chi connectivity index (χ3n) is 4.02. The van der Waals surface area contributed by atoms with Crippen LogP contribution in [-0.4, -0.2) is 45.4 Å². The molecule has 6 heteroatoms. The fourth-order valence-electron chi connectivity index (χ4n) is 2.87. The Kier molecular flexibility index (Phi) is 4.65. The fourth-order valence-corrected chi connectivity index (χ4v) is 2.87. The van der Waals surface area contributed by atoms with Gasteiger partial charge in [0, 0.05) is 26.2 Å². The van der Waals surface area contributed by atoms with Crippen molar-refractivity contribution in [3.05, 3.63) is 11.4 Å². The number of rotatable bonds is 4. The Hall–Kier alpha value is -1.56. The van der Waals surface area contributed by atoms with Gasteiger partial charge in [-0.05, 0) is 39.0 Å². The van der Waals surface area contributed by atoms with E-state index in [0.717, 1.165) is 25.8 Å². The monoisotopic (exact) mass is 280 g/mol. The summed E-state index contributed by atoms with van der Waals surface area (Å²) in [6.45, 7) is 6.05. The van der Waals surface area contributed by atoms with E-state index in [-0.39, 0.29) is 12.5 Å². The molecule has 20 heavy (non-hydrogen) atoms. The van der Waals surface area contributed by atoms with Crippen LogP contribution < -0.4 is 5.73 Å². The third kappa shape index (κ3) is 2.80. The highest BCUT2D eigenvalue weighted by Crippen LogP contribution is 2.24. The minimum atomic E-state index is -0.0346. The van der Waals surface area contributed by atoms with E-state index in [4.69, 9.17) is 10.8 Å². The lowest BCUT2D eigenvalue weighted by Crippen LogP contribution is -2.41. The van der Waals surface area contributed by atoms with E-state index >= 15 is 0 Å².